The molecule has 0 aromatic rings. The van der Waals surface area contributed by atoms with Gasteiger partial charge in [-0.15, -0.1) is 24.8 Å². The Morgan fingerprint density at radius 3 is 2.84 bits per heavy atom. The number of amides is 1. The molecular weight excluding hydrogens is 289 g/mol. The molecule has 1 rings (SSSR count). The predicted molar refractivity (Wildman–Crippen MR) is 82.3 cm³/mol. The summed E-state index contributed by atoms with van der Waals surface area (Å²) in [6.07, 6.45) is 3.69. The minimum Gasteiger partial charge on any atom is -0.383 e. The van der Waals surface area contributed by atoms with Crippen LogP contribution in [0.2, 0.25) is 0 Å². The van der Waals surface area contributed by atoms with Gasteiger partial charge < -0.3 is 15.8 Å². The van der Waals surface area contributed by atoms with E-state index in [4.69, 9.17) is 10.5 Å². The highest BCUT2D eigenvalue weighted by Crippen LogP contribution is 2.15. The van der Waals surface area contributed by atoms with E-state index in [2.05, 4.69) is 10.2 Å². The number of nitrogens with zero attached hydrogens (tertiary/aromatic N) is 1. The summed E-state index contributed by atoms with van der Waals surface area (Å²) in [4.78, 5) is 13.9. The summed E-state index contributed by atoms with van der Waals surface area (Å²) in [5.41, 5.74) is 5.37. The molecule has 1 atom stereocenters. The van der Waals surface area contributed by atoms with Gasteiger partial charge in [0.1, 0.15) is 0 Å². The molecule has 116 valence electrons. The molecule has 1 unspecified atom stereocenters. The van der Waals surface area contributed by atoms with Crippen molar-refractivity contribution >= 4 is 30.7 Å². The number of rotatable bonds is 8. The first-order valence-corrected chi connectivity index (χ1v) is 6.47. The van der Waals surface area contributed by atoms with Crippen LogP contribution in [0.15, 0.2) is 0 Å². The molecule has 19 heavy (non-hydrogen) atoms. The highest BCUT2D eigenvalue weighted by Gasteiger charge is 2.23. The van der Waals surface area contributed by atoms with E-state index in [1.807, 2.05) is 0 Å². The van der Waals surface area contributed by atoms with Crippen LogP contribution in [-0.2, 0) is 9.53 Å². The maximum Gasteiger partial charge on any atom is 0.220 e. The second kappa shape index (κ2) is 12.9. The van der Waals surface area contributed by atoms with Crippen molar-refractivity contribution in [1.82, 2.24) is 10.2 Å². The van der Waals surface area contributed by atoms with Crippen molar-refractivity contribution in [3.05, 3.63) is 0 Å². The minimum atomic E-state index is 0. The van der Waals surface area contributed by atoms with Crippen molar-refractivity contribution in [1.29, 1.82) is 0 Å². The van der Waals surface area contributed by atoms with Crippen LogP contribution in [0.4, 0.5) is 0 Å². The van der Waals surface area contributed by atoms with E-state index in [1.165, 1.54) is 12.8 Å². The number of hydrogen-bond acceptors (Lipinski definition) is 4. The van der Waals surface area contributed by atoms with Gasteiger partial charge in [0, 0.05) is 32.7 Å². The molecule has 1 aliphatic rings. The van der Waals surface area contributed by atoms with Crippen molar-refractivity contribution in [3.8, 4) is 0 Å². The molecule has 7 heteroatoms. The number of methoxy groups -OCH3 is 1. The van der Waals surface area contributed by atoms with Crippen LogP contribution >= 0.6 is 24.8 Å². The van der Waals surface area contributed by atoms with Crippen molar-refractivity contribution in [3.63, 3.8) is 0 Å². The third kappa shape index (κ3) is 8.65. The maximum absolute atomic E-state index is 11.5. The molecule has 0 bridgehead atoms. The Hall–Kier alpha value is -0.0700. The number of likely N-dealkylation sites (tertiary alicyclic amines) is 1. The SMILES string of the molecule is COCCN1CCCC1CNC(=O)CCCN.Cl.Cl. The Labute approximate surface area is 128 Å². The van der Waals surface area contributed by atoms with Crippen LogP contribution in [-0.4, -0.2) is 56.7 Å². The summed E-state index contributed by atoms with van der Waals surface area (Å²) in [7, 11) is 1.72. The molecule has 1 saturated heterocycles. The zero-order valence-corrected chi connectivity index (χ0v) is 13.2. The van der Waals surface area contributed by atoms with Crippen LogP contribution in [0.3, 0.4) is 0 Å². The Morgan fingerprint density at radius 2 is 2.21 bits per heavy atom. The Bertz CT molecular complexity index is 233. The summed E-state index contributed by atoms with van der Waals surface area (Å²) >= 11 is 0. The molecule has 3 N–H and O–H groups in total. The fraction of sp³-hybridized carbons (Fsp3) is 0.917. The first kappa shape index (κ1) is 21.2. The third-order valence-corrected chi connectivity index (χ3v) is 3.22. The van der Waals surface area contributed by atoms with E-state index in [0.717, 1.165) is 32.7 Å². The van der Waals surface area contributed by atoms with Crippen LogP contribution in [0.5, 0.6) is 0 Å². The molecule has 0 spiro atoms. The zero-order chi connectivity index (χ0) is 12.5. The quantitative estimate of drug-likeness (QED) is 0.695. The van der Waals surface area contributed by atoms with Gasteiger partial charge in [0.2, 0.25) is 5.91 Å². The number of nitrogens with two attached hydrogens (primary N) is 1. The summed E-state index contributed by atoms with van der Waals surface area (Å²) < 4.78 is 5.09. The first-order chi connectivity index (χ1) is 8.27. The van der Waals surface area contributed by atoms with Crippen molar-refractivity contribution in [2.75, 3.05) is 39.9 Å². The molecule has 1 heterocycles. The second-order valence-electron chi connectivity index (χ2n) is 4.52. The van der Waals surface area contributed by atoms with Gasteiger partial charge in [0.05, 0.1) is 6.61 Å². The smallest absolute Gasteiger partial charge is 0.220 e. The van der Waals surface area contributed by atoms with Gasteiger partial charge >= 0.3 is 0 Å². The monoisotopic (exact) mass is 315 g/mol. The lowest BCUT2D eigenvalue weighted by molar-refractivity contribution is -0.121. The number of halogens is 2. The predicted octanol–water partition coefficient (Wildman–Crippen LogP) is 0.796. The normalized spacial score (nSPS) is 18.5. The molecule has 0 aromatic heterocycles. The standard InChI is InChI=1S/C12H25N3O2.2ClH/c1-17-9-8-15-7-3-4-11(15)10-14-12(16)5-2-6-13;;/h11H,2-10,13H2,1H3,(H,14,16);2*1H. The highest BCUT2D eigenvalue weighted by molar-refractivity contribution is 5.85. The Kier molecular flexibility index (Phi) is 14.5. The van der Waals surface area contributed by atoms with Crippen molar-refractivity contribution in [2.24, 2.45) is 5.73 Å². The number of ether oxygens (including phenoxy) is 1. The van der Waals surface area contributed by atoms with Gasteiger partial charge in [-0.2, -0.15) is 0 Å². The Morgan fingerprint density at radius 1 is 1.47 bits per heavy atom. The van der Waals surface area contributed by atoms with Gasteiger partial charge in [-0.25, -0.2) is 0 Å². The first-order valence-electron chi connectivity index (χ1n) is 6.47. The topological polar surface area (TPSA) is 67.6 Å². The number of carbonyl (C=O) groups is 1. The minimum absolute atomic E-state index is 0. The Balaban J connectivity index is 0. The van der Waals surface area contributed by atoms with Crippen molar-refractivity contribution < 1.29 is 9.53 Å². The summed E-state index contributed by atoms with van der Waals surface area (Å²) in [5, 5.41) is 2.99. The molecule has 1 amide bonds. The second-order valence-corrected chi connectivity index (χ2v) is 4.52. The largest absolute Gasteiger partial charge is 0.383 e. The van der Waals surface area contributed by atoms with E-state index in [1.54, 1.807) is 7.11 Å². The summed E-state index contributed by atoms with van der Waals surface area (Å²) in [5.74, 6) is 0.119. The van der Waals surface area contributed by atoms with E-state index in [9.17, 15) is 4.79 Å². The van der Waals surface area contributed by atoms with Crippen LogP contribution < -0.4 is 11.1 Å². The highest BCUT2D eigenvalue weighted by atomic mass is 35.5. The van der Waals surface area contributed by atoms with Gasteiger partial charge in [-0.05, 0) is 32.4 Å². The van der Waals surface area contributed by atoms with Crippen molar-refractivity contribution in [2.45, 2.75) is 31.7 Å². The zero-order valence-electron chi connectivity index (χ0n) is 11.6. The average Bonchev–Trinajstić information content (AvgIpc) is 2.78. The van der Waals surface area contributed by atoms with E-state index < -0.39 is 0 Å². The molecule has 1 aliphatic heterocycles. The maximum atomic E-state index is 11.5. The summed E-state index contributed by atoms with van der Waals surface area (Å²) in [6, 6.07) is 0.479. The van der Waals surface area contributed by atoms with Gasteiger partial charge in [-0.1, -0.05) is 0 Å². The third-order valence-electron chi connectivity index (χ3n) is 3.22. The summed E-state index contributed by atoms with van der Waals surface area (Å²) in [6.45, 7) is 4.17. The molecule has 0 aromatic carbocycles. The molecule has 0 saturated carbocycles. The van der Waals surface area contributed by atoms with Gasteiger partial charge in [0.25, 0.3) is 0 Å². The van der Waals surface area contributed by atoms with E-state index in [0.29, 0.717) is 19.0 Å². The fourth-order valence-corrected chi connectivity index (χ4v) is 2.21. The lowest BCUT2D eigenvalue weighted by atomic mass is 10.2. The van der Waals surface area contributed by atoms with E-state index >= 15 is 0 Å². The average molecular weight is 316 g/mol. The van der Waals surface area contributed by atoms with Crippen LogP contribution in [0.1, 0.15) is 25.7 Å². The van der Waals surface area contributed by atoms with E-state index in [-0.39, 0.29) is 30.7 Å². The lowest BCUT2D eigenvalue weighted by Crippen LogP contribution is -2.41. The molecule has 0 aliphatic carbocycles. The van der Waals surface area contributed by atoms with Gasteiger partial charge in [0.15, 0.2) is 0 Å². The molecule has 1 fully saturated rings. The number of carbonyl (C=O) groups excluding carboxylic acids is 1. The number of nitrogens with one attached hydrogen (secondary N) is 1. The molecular formula is C12H27Cl2N3O2. The fourth-order valence-electron chi connectivity index (χ4n) is 2.21. The van der Waals surface area contributed by atoms with Gasteiger partial charge in [-0.3, -0.25) is 9.69 Å². The molecule has 0 radical (unpaired) electrons. The number of hydrogen-bond donors (Lipinski definition) is 2. The molecule has 5 nitrogen and oxygen atoms in total. The lowest BCUT2D eigenvalue weighted by Gasteiger charge is -2.24. The van der Waals surface area contributed by atoms with Crippen LogP contribution in [0.25, 0.3) is 0 Å². The van der Waals surface area contributed by atoms with Crippen LogP contribution in [0, 0.1) is 0 Å².